The second kappa shape index (κ2) is 7.51. The zero-order valence-electron chi connectivity index (χ0n) is 16.0. The summed E-state index contributed by atoms with van der Waals surface area (Å²) in [4.78, 5) is 15.4. The van der Waals surface area contributed by atoms with Gasteiger partial charge in [0.15, 0.2) is 0 Å². The zero-order valence-corrected chi connectivity index (χ0v) is 16.0. The van der Waals surface area contributed by atoms with Gasteiger partial charge in [0.2, 0.25) is 11.7 Å². The Bertz CT molecular complexity index is 982. The molecule has 0 unspecified atom stereocenters. The minimum Gasteiger partial charge on any atom is -0.492 e. The highest BCUT2D eigenvalue weighted by Gasteiger charge is 2.54. The van der Waals surface area contributed by atoms with E-state index >= 15 is 0 Å². The van der Waals surface area contributed by atoms with Crippen molar-refractivity contribution in [3.05, 3.63) is 54.6 Å². The lowest BCUT2D eigenvalue weighted by Crippen LogP contribution is -2.33. The van der Waals surface area contributed by atoms with E-state index in [-0.39, 0.29) is 11.2 Å². The maximum absolute atomic E-state index is 13.3. The van der Waals surface area contributed by atoms with Crippen molar-refractivity contribution in [2.45, 2.75) is 24.7 Å². The van der Waals surface area contributed by atoms with Crippen LogP contribution >= 0.6 is 0 Å². The first-order chi connectivity index (χ1) is 14.2. The van der Waals surface area contributed by atoms with Gasteiger partial charge in [0, 0.05) is 38.1 Å². The van der Waals surface area contributed by atoms with Crippen molar-refractivity contribution >= 4 is 0 Å². The number of hydrogen-bond donors (Lipinski definition) is 0. The highest BCUT2D eigenvalue weighted by Crippen LogP contribution is 2.50. The Morgan fingerprint density at radius 2 is 2.28 bits per heavy atom. The van der Waals surface area contributed by atoms with Gasteiger partial charge < -0.3 is 9.26 Å². The van der Waals surface area contributed by atoms with Gasteiger partial charge >= 0.3 is 0 Å². The summed E-state index contributed by atoms with van der Waals surface area (Å²) in [5.74, 6) is 1.96. The SMILES string of the molecule is Fc1cccc(OCCN2C[C@H]3CCC[C@@]3(c3nc(-c4cnccn4)no3)C2)c1. The number of rotatable bonds is 6. The molecule has 2 fully saturated rings. The maximum Gasteiger partial charge on any atom is 0.234 e. The zero-order chi connectivity index (χ0) is 19.7. The molecule has 1 aliphatic heterocycles. The molecule has 0 N–H and O–H groups in total. The van der Waals surface area contributed by atoms with Crippen LogP contribution in [0.3, 0.4) is 0 Å². The Labute approximate surface area is 167 Å². The molecule has 8 heteroatoms. The van der Waals surface area contributed by atoms with Crippen LogP contribution in [0.4, 0.5) is 4.39 Å². The van der Waals surface area contributed by atoms with E-state index in [1.807, 2.05) is 0 Å². The van der Waals surface area contributed by atoms with E-state index in [1.165, 1.54) is 18.6 Å². The van der Waals surface area contributed by atoms with Gasteiger partial charge in [-0.15, -0.1) is 0 Å². The first kappa shape index (κ1) is 18.2. The summed E-state index contributed by atoms with van der Waals surface area (Å²) in [5, 5.41) is 4.15. The minimum absolute atomic E-state index is 0.105. The molecule has 29 heavy (non-hydrogen) atoms. The van der Waals surface area contributed by atoms with Crippen LogP contribution in [0, 0.1) is 11.7 Å². The summed E-state index contributed by atoms with van der Waals surface area (Å²) in [6.45, 7) is 3.14. The molecule has 1 saturated heterocycles. The van der Waals surface area contributed by atoms with Crippen LogP contribution in [0.2, 0.25) is 0 Å². The van der Waals surface area contributed by atoms with Gasteiger partial charge in [-0.25, -0.2) is 9.37 Å². The summed E-state index contributed by atoms with van der Waals surface area (Å²) in [5.41, 5.74) is 0.513. The molecular weight excluding hydrogens is 373 g/mol. The topological polar surface area (TPSA) is 77.2 Å². The van der Waals surface area contributed by atoms with Gasteiger partial charge in [0.25, 0.3) is 0 Å². The molecule has 150 valence electrons. The number of aromatic nitrogens is 4. The van der Waals surface area contributed by atoms with Gasteiger partial charge in [-0.3, -0.25) is 9.88 Å². The first-order valence-electron chi connectivity index (χ1n) is 9.94. The van der Waals surface area contributed by atoms with Gasteiger partial charge in [-0.05, 0) is 30.9 Å². The van der Waals surface area contributed by atoms with Crippen molar-refractivity contribution in [1.29, 1.82) is 0 Å². The fraction of sp³-hybridized carbons (Fsp3) is 0.429. The van der Waals surface area contributed by atoms with Gasteiger partial charge in [0.05, 0.1) is 11.6 Å². The molecule has 5 rings (SSSR count). The Kier molecular flexibility index (Phi) is 4.71. The molecule has 3 heterocycles. The molecule has 2 aromatic heterocycles. The lowest BCUT2D eigenvalue weighted by Gasteiger charge is -2.24. The van der Waals surface area contributed by atoms with Crippen LogP contribution in [-0.2, 0) is 5.41 Å². The summed E-state index contributed by atoms with van der Waals surface area (Å²) in [7, 11) is 0. The van der Waals surface area contributed by atoms with E-state index in [0.717, 1.165) is 32.5 Å². The Hall–Kier alpha value is -2.87. The fourth-order valence-corrected chi connectivity index (χ4v) is 4.71. The van der Waals surface area contributed by atoms with Crippen LogP contribution in [0.15, 0.2) is 47.4 Å². The van der Waals surface area contributed by atoms with Crippen molar-refractivity contribution in [2.24, 2.45) is 5.92 Å². The van der Waals surface area contributed by atoms with Crippen molar-refractivity contribution in [2.75, 3.05) is 26.2 Å². The van der Waals surface area contributed by atoms with Crippen LogP contribution < -0.4 is 4.74 Å². The second-order valence-corrected chi connectivity index (χ2v) is 7.80. The number of likely N-dealkylation sites (tertiary alicyclic amines) is 1. The van der Waals surface area contributed by atoms with Crippen molar-refractivity contribution in [3.63, 3.8) is 0 Å². The van der Waals surface area contributed by atoms with E-state index in [9.17, 15) is 4.39 Å². The monoisotopic (exact) mass is 395 g/mol. The number of halogens is 1. The molecule has 0 spiro atoms. The molecule has 0 radical (unpaired) electrons. The van der Waals surface area contributed by atoms with E-state index < -0.39 is 0 Å². The Morgan fingerprint density at radius 1 is 1.31 bits per heavy atom. The molecule has 2 atom stereocenters. The normalized spacial score (nSPS) is 24.0. The molecule has 3 aromatic rings. The third-order valence-electron chi connectivity index (χ3n) is 6.06. The lowest BCUT2D eigenvalue weighted by atomic mass is 9.80. The van der Waals surface area contributed by atoms with E-state index in [2.05, 4.69) is 25.0 Å². The quantitative estimate of drug-likeness (QED) is 0.635. The fourth-order valence-electron chi connectivity index (χ4n) is 4.71. The van der Waals surface area contributed by atoms with Crippen LogP contribution in [-0.4, -0.2) is 51.2 Å². The number of hydrogen-bond acceptors (Lipinski definition) is 7. The molecular formula is C21H22FN5O2. The number of benzene rings is 1. The predicted molar refractivity (Wildman–Crippen MR) is 103 cm³/mol. The van der Waals surface area contributed by atoms with E-state index in [1.54, 1.807) is 30.7 Å². The van der Waals surface area contributed by atoms with Crippen LogP contribution in [0.25, 0.3) is 11.5 Å². The molecule has 2 aliphatic rings. The van der Waals surface area contributed by atoms with E-state index in [0.29, 0.717) is 35.7 Å². The van der Waals surface area contributed by atoms with Crippen molar-refractivity contribution < 1.29 is 13.7 Å². The van der Waals surface area contributed by atoms with E-state index in [4.69, 9.17) is 9.26 Å². The first-order valence-corrected chi connectivity index (χ1v) is 9.94. The number of fused-ring (bicyclic) bond motifs is 1. The Morgan fingerprint density at radius 3 is 3.14 bits per heavy atom. The molecule has 7 nitrogen and oxygen atoms in total. The molecule has 1 saturated carbocycles. The number of ether oxygens (including phenoxy) is 1. The third-order valence-corrected chi connectivity index (χ3v) is 6.06. The van der Waals surface area contributed by atoms with Crippen molar-refractivity contribution in [3.8, 4) is 17.3 Å². The maximum atomic E-state index is 13.3. The highest BCUT2D eigenvalue weighted by molar-refractivity contribution is 5.46. The summed E-state index contributed by atoms with van der Waals surface area (Å²) < 4.78 is 24.7. The minimum atomic E-state index is -0.285. The average molecular weight is 395 g/mol. The van der Waals surface area contributed by atoms with Gasteiger partial charge in [0.1, 0.15) is 23.9 Å². The largest absolute Gasteiger partial charge is 0.492 e. The summed E-state index contributed by atoms with van der Waals surface area (Å²) in [6, 6.07) is 6.25. The van der Waals surface area contributed by atoms with Crippen LogP contribution in [0.1, 0.15) is 25.2 Å². The van der Waals surface area contributed by atoms with Crippen molar-refractivity contribution in [1.82, 2.24) is 25.0 Å². The van der Waals surface area contributed by atoms with Gasteiger partial charge in [-0.2, -0.15) is 4.98 Å². The highest BCUT2D eigenvalue weighted by atomic mass is 19.1. The van der Waals surface area contributed by atoms with Gasteiger partial charge in [-0.1, -0.05) is 17.6 Å². The molecule has 0 amide bonds. The smallest absolute Gasteiger partial charge is 0.234 e. The van der Waals surface area contributed by atoms with Crippen LogP contribution in [0.5, 0.6) is 5.75 Å². The molecule has 1 aromatic carbocycles. The molecule has 1 aliphatic carbocycles. The summed E-state index contributed by atoms with van der Waals surface area (Å²) >= 11 is 0. The predicted octanol–water partition coefficient (Wildman–Crippen LogP) is 3.10. The third kappa shape index (κ3) is 3.48. The standard InChI is InChI=1S/C21H22FN5O2/c22-16-4-1-5-17(11-16)28-10-9-27-13-15-3-2-6-21(15,14-27)20-25-19(26-29-20)18-12-23-7-8-24-18/h1,4-5,7-8,11-12,15H,2-3,6,9-10,13-14H2/t15-,21-/m1/s1. The number of nitrogens with zero attached hydrogens (tertiary/aromatic N) is 5. The Balaban J connectivity index is 1.27. The summed E-state index contributed by atoms with van der Waals surface area (Å²) in [6.07, 6.45) is 8.25. The second-order valence-electron chi connectivity index (χ2n) is 7.80. The lowest BCUT2D eigenvalue weighted by molar-refractivity contribution is 0.214. The average Bonchev–Trinajstić information content (AvgIpc) is 3.43. The molecule has 0 bridgehead atoms.